The van der Waals surface area contributed by atoms with E-state index in [0.29, 0.717) is 0 Å². The van der Waals surface area contributed by atoms with Gasteiger partial charge in [-0.25, -0.2) is 0 Å². The number of halogens is 2. The van der Waals surface area contributed by atoms with Gasteiger partial charge >= 0.3 is 18.9 Å². The Kier molecular flexibility index (Phi) is 158. The molecule has 0 aliphatic carbocycles. The van der Waals surface area contributed by atoms with E-state index >= 15 is 0 Å². The third kappa shape index (κ3) is 20.7. The largest absolute Gasteiger partial charge is 1.00 e. The molecule has 0 saturated carbocycles. The van der Waals surface area contributed by atoms with Crippen LogP contribution in [0.2, 0.25) is 0 Å². The van der Waals surface area contributed by atoms with Crippen LogP contribution in [0.5, 0.6) is 0 Å². The topological polar surface area (TPSA) is 0 Å². The Morgan fingerprint density at radius 1 is 1.00 bits per heavy atom. The molecular weight excluding hydrogens is 324 g/mol. The fraction of sp³-hybridized carbons (Fsp3) is 0. The van der Waals surface area contributed by atoms with Gasteiger partial charge in [0.15, 0.2) is 11.8 Å². The van der Waals surface area contributed by atoms with Gasteiger partial charge in [-0.3, -0.25) is 0 Å². The van der Waals surface area contributed by atoms with Crippen LogP contribution in [0.15, 0.2) is 0 Å². The summed E-state index contributed by atoms with van der Waals surface area (Å²) in [6, 6.07) is 0. The van der Waals surface area contributed by atoms with Crippen molar-refractivity contribution in [3.05, 3.63) is 0 Å². The minimum atomic E-state index is 0. The summed E-state index contributed by atoms with van der Waals surface area (Å²) >= 11 is 4.00. The molecule has 0 aromatic heterocycles. The first-order chi connectivity index (χ1) is 1.00. The second-order valence-corrected chi connectivity index (χ2v) is 0. The predicted octanol–water partition coefficient (Wildman–Crippen LogP) is -8.66. The summed E-state index contributed by atoms with van der Waals surface area (Å²) < 4.78 is 0. The summed E-state index contributed by atoms with van der Waals surface area (Å²) in [5, 5.41) is 0. The number of hydrogen-bond donors (Lipinski definition) is 0. The van der Waals surface area contributed by atoms with Gasteiger partial charge in [0, 0.05) is 0 Å². The van der Waals surface area contributed by atoms with Crippen molar-refractivity contribution in [2.45, 2.75) is 0 Å². The van der Waals surface area contributed by atoms with Gasteiger partial charge in [0.05, 0.1) is 0 Å². The molecule has 0 nitrogen and oxygen atoms in total. The summed E-state index contributed by atoms with van der Waals surface area (Å²) in [6.45, 7) is 0. The standard InChI is InChI=1S/2HI.Li.HPS/c;;;1-2/h2*1H;;1H/q;;+1;/p-1. The molecule has 1 atom stereocenters. The van der Waals surface area contributed by atoms with Crippen LogP contribution in [0.1, 0.15) is 0 Å². The monoisotopic (exact) mass is 326 g/mol. The molecule has 0 N–H and O–H groups in total. The first kappa shape index (κ1) is 25.6. The van der Waals surface area contributed by atoms with E-state index in [4.69, 9.17) is 0 Å². The molecule has 0 aliphatic heterocycles. The molecule has 0 radical (unpaired) electrons. The van der Waals surface area contributed by atoms with Crippen LogP contribution in [-0.4, -0.2) is 0 Å². The van der Waals surface area contributed by atoms with E-state index in [2.05, 4.69) is 11.8 Å². The zero-order valence-corrected chi connectivity index (χ0v) is 9.03. The van der Waals surface area contributed by atoms with Crippen LogP contribution in [0, 0.1) is 0 Å². The minimum Gasteiger partial charge on any atom is -1.00 e. The molecule has 0 aromatic rings. The molecule has 0 aliphatic rings. The SMILES string of the molecule is [I-].[I-].[Li+].[PH2+]=S. The van der Waals surface area contributed by atoms with E-state index in [1.807, 2.05) is 8.02 Å². The second-order valence-electron chi connectivity index (χ2n) is 0. The van der Waals surface area contributed by atoms with E-state index in [0.717, 1.165) is 0 Å². The minimum absolute atomic E-state index is 0. The van der Waals surface area contributed by atoms with Gasteiger partial charge in [-0.2, -0.15) is 0 Å². The molecule has 1 unspecified atom stereocenters. The van der Waals surface area contributed by atoms with Crippen molar-refractivity contribution in [2.24, 2.45) is 0 Å². The van der Waals surface area contributed by atoms with E-state index in [1.54, 1.807) is 0 Å². The summed E-state index contributed by atoms with van der Waals surface area (Å²) in [5.74, 6) is 0. The van der Waals surface area contributed by atoms with Crippen LogP contribution < -0.4 is 66.8 Å². The van der Waals surface area contributed by atoms with Gasteiger partial charge in [0.1, 0.15) is 8.02 Å². The van der Waals surface area contributed by atoms with Gasteiger partial charge in [-0.1, -0.05) is 0 Å². The fourth-order valence-electron chi connectivity index (χ4n) is 0. The van der Waals surface area contributed by atoms with Crippen molar-refractivity contribution < 1.29 is 66.8 Å². The van der Waals surface area contributed by atoms with Crippen LogP contribution in [-0.2, 0) is 11.8 Å². The Morgan fingerprint density at radius 2 is 1.00 bits per heavy atom. The van der Waals surface area contributed by atoms with E-state index in [-0.39, 0.29) is 66.8 Å². The summed E-state index contributed by atoms with van der Waals surface area (Å²) in [7, 11) is 2.00. The fourth-order valence-corrected chi connectivity index (χ4v) is 0. The van der Waals surface area contributed by atoms with Crippen LogP contribution in [0.4, 0.5) is 0 Å². The van der Waals surface area contributed by atoms with Crippen LogP contribution in [0.25, 0.3) is 0 Å². The van der Waals surface area contributed by atoms with Gasteiger partial charge in [-0.15, -0.1) is 0 Å². The normalized spacial score (nSPS) is 0.800. The Morgan fingerprint density at radius 3 is 1.00 bits per heavy atom. The number of rotatable bonds is 0. The first-order valence-electron chi connectivity index (χ1n) is 0.236. The van der Waals surface area contributed by atoms with Gasteiger partial charge in [0.25, 0.3) is 0 Å². The van der Waals surface area contributed by atoms with Crippen LogP contribution in [0.3, 0.4) is 0 Å². The Labute approximate surface area is 85.3 Å². The molecule has 5 heavy (non-hydrogen) atoms. The van der Waals surface area contributed by atoms with Gasteiger partial charge in [-0.05, 0) is 0 Å². The summed E-state index contributed by atoms with van der Waals surface area (Å²) in [6.07, 6.45) is 0. The Balaban J connectivity index is -0.00000000167. The predicted molar refractivity (Wildman–Crippen MR) is 17.1 cm³/mol. The third-order valence-electron chi connectivity index (χ3n) is 0. The number of hydrogen-bond acceptors (Lipinski definition) is 1. The first-order valence-corrected chi connectivity index (χ1v) is 2.12. The molecule has 5 heteroatoms. The maximum atomic E-state index is 4.00. The Hall–Kier alpha value is 2.58. The molecule has 0 rings (SSSR count). The average molecular weight is 326 g/mol. The second kappa shape index (κ2) is 30.8. The molecule has 0 amide bonds. The van der Waals surface area contributed by atoms with E-state index < -0.39 is 0 Å². The smallest absolute Gasteiger partial charge is 1.00 e. The van der Waals surface area contributed by atoms with Crippen molar-refractivity contribution in [3.8, 4) is 0 Å². The molecular formula is H2I2LiPS. The van der Waals surface area contributed by atoms with Gasteiger partial charge < -0.3 is 48.0 Å². The van der Waals surface area contributed by atoms with E-state index in [9.17, 15) is 0 Å². The van der Waals surface area contributed by atoms with Crippen LogP contribution >= 0.6 is 8.02 Å². The molecule has 0 spiro atoms. The van der Waals surface area contributed by atoms with E-state index in [1.165, 1.54) is 0 Å². The van der Waals surface area contributed by atoms with Crippen molar-refractivity contribution >= 4 is 19.8 Å². The quantitative estimate of drug-likeness (QED) is 0.242. The average Bonchev–Trinajstić information content (AvgIpc) is 1.00. The third-order valence-corrected chi connectivity index (χ3v) is 0. The maximum absolute atomic E-state index is 4.00. The molecule has 0 aromatic carbocycles. The van der Waals surface area contributed by atoms with Crippen molar-refractivity contribution in [3.63, 3.8) is 0 Å². The molecule has 28 valence electrons. The van der Waals surface area contributed by atoms with Crippen molar-refractivity contribution in [2.75, 3.05) is 0 Å². The molecule has 0 bridgehead atoms. The molecule has 0 heterocycles. The molecule has 0 saturated heterocycles. The maximum Gasteiger partial charge on any atom is 1.00 e. The Bertz CT molecular complexity index is 9.61. The molecule has 0 fully saturated rings. The summed E-state index contributed by atoms with van der Waals surface area (Å²) in [5.41, 5.74) is 0. The van der Waals surface area contributed by atoms with Crippen molar-refractivity contribution in [1.29, 1.82) is 0 Å². The van der Waals surface area contributed by atoms with Crippen molar-refractivity contribution in [1.82, 2.24) is 0 Å². The zero-order chi connectivity index (χ0) is 2.00. The van der Waals surface area contributed by atoms with Gasteiger partial charge in [0.2, 0.25) is 0 Å². The summed E-state index contributed by atoms with van der Waals surface area (Å²) in [4.78, 5) is 0. The zero-order valence-electron chi connectivity index (χ0n) is 2.74.